The first-order valence-corrected chi connectivity index (χ1v) is 8.82. The van der Waals surface area contributed by atoms with Gasteiger partial charge >= 0.3 is 0 Å². The van der Waals surface area contributed by atoms with Crippen molar-refractivity contribution in [3.63, 3.8) is 0 Å². The van der Waals surface area contributed by atoms with Crippen molar-refractivity contribution < 1.29 is 9.13 Å². The van der Waals surface area contributed by atoms with Crippen LogP contribution >= 0.6 is 0 Å². The van der Waals surface area contributed by atoms with Crippen LogP contribution in [0.25, 0.3) is 0 Å². The van der Waals surface area contributed by atoms with Gasteiger partial charge in [0.2, 0.25) is 0 Å². The molecule has 3 aliphatic rings. The number of nitrogens with one attached hydrogen (secondary N) is 1. The van der Waals surface area contributed by atoms with E-state index in [1.54, 1.807) is 12.1 Å². The van der Waals surface area contributed by atoms with E-state index >= 15 is 0 Å². The highest BCUT2D eigenvalue weighted by Gasteiger charge is 2.60. The maximum atomic E-state index is 13.2. The van der Waals surface area contributed by atoms with Crippen molar-refractivity contribution in [2.75, 3.05) is 20.2 Å². The van der Waals surface area contributed by atoms with E-state index in [0.717, 1.165) is 19.6 Å². The van der Waals surface area contributed by atoms with Crippen LogP contribution in [0.2, 0.25) is 0 Å². The van der Waals surface area contributed by atoms with Gasteiger partial charge in [0.05, 0.1) is 6.10 Å². The Morgan fingerprint density at radius 2 is 1.96 bits per heavy atom. The minimum absolute atomic E-state index is 0.162. The minimum atomic E-state index is -0.162. The smallest absolute Gasteiger partial charge is 0.123 e. The van der Waals surface area contributed by atoms with Crippen molar-refractivity contribution in [1.29, 1.82) is 0 Å². The predicted molar refractivity (Wildman–Crippen MR) is 88.7 cm³/mol. The van der Waals surface area contributed by atoms with Crippen molar-refractivity contribution in [2.45, 2.75) is 50.9 Å². The van der Waals surface area contributed by atoms with Gasteiger partial charge in [-0.3, -0.25) is 4.90 Å². The third-order valence-corrected chi connectivity index (χ3v) is 6.35. The molecule has 0 spiro atoms. The molecule has 4 rings (SSSR count). The zero-order chi connectivity index (χ0) is 16.2. The van der Waals surface area contributed by atoms with Crippen LogP contribution in [0.5, 0.6) is 0 Å². The van der Waals surface area contributed by atoms with Gasteiger partial charge in [0, 0.05) is 42.6 Å². The fourth-order valence-corrected chi connectivity index (χ4v) is 5.16. The highest BCUT2D eigenvalue weighted by Crippen LogP contribution is 2.52. The van der Waals surface area contributed by atoms with E-state index in [1.165, 1.54) is 12.0 Å². The summed E-state index contributed by atoms with van der Waals surface area (Å²) in [6.45, 7) is 6.63. The molecule has 1 aliphatic carbocycles. The Kier molecular flexibility index (Phi) is 3.74. The molecule has 126 valence electrons. The fraction of sp³-hybridized carbons (Fsp3) is 0.684. The summed E-state index contributed by atoms with van der Waals surface area (Å²) in [7, 11) is 2.17. The molecule has 3 fully saturated rings. The summed E-state index contributed by atoms with van der Waals surface area (Å²) < 4.78 is 19.2. The molecule has 4 heteroatoms. The van der Waals surface area contributed by atoms with Crippen LogP contribution in [0.4, 0.5) is 4.39 Å². The third kappa shape index (κ3) is 2.43. The quantitative estimate of drug-likeness (QED) is 0.927. The summed E-state index contributed by atoms with van der Waals surface area (Å²) >= 11 is 0. The number of hydrogen-bond acceptors (Lipinski definition) is 3. The van der Waals surface area contributed by atoms with E-state index in [-0.39, 0.29) is 11.2 Å². The van der Waals surface area contributed by atoms with E-state index in [1.807, 2.05) is 12.1 Å². The number of nitrogens with zero attached hydrogens (tertiary/aromatic N) is 1. The number of likely N-dealkylation sites (N-methyl/N-ethyl adjacent to an activating group) is 1. The number of rotatable bonds is 3. The normalized spacial score (nSPS) is 39.2. The summed E-state index contributed by atoms with van der Waals surface area (Å²) in [6, 6.07) is 8.30. The average molecular weight is 318 g/mol. The summed E-state index contributed by atoms with van der Waals surface area (Å²) in [5.74, 6) is 0.495. The van der Waals surface area contributed by atoms with Gasteiger partial charge < -0.3 is 10.1 Å². The molecule has 23 heavy (non-hydrogen) atoms. The summed E-state index contributed by atoms with van der Waals surface area (Å²) in [5.41, 5.74) is 1.41. The summed E-state index contributed by atoms with van der Waals surface area (Å²) in [6.07, 6.45) is 2.74. The number of likely N-dealkylation sites (tertiary alicyclic amines) is 1. The monoisotopic (exact) mass is 318 g/mol. The molecular weight excluding hydrogens is 291 g/mol. The summed E-state index contributed by atoms with van der Waals surface area (Å²) in [5, 5.41) is 3.96. The minimum Gasteiger partial charge on any atom is -0.377 e. The van der Waals surface area contributed by atoms with Crippen LogP contribution in [0, 0.1) is 17.2 Å². The van der Waals surface area contributed by atoms with Crippen molar-refractivity contribution >= 4 is 0 Å². The van der Waals surface area contributed by atoms with Gasteiger partial charge in [0.1, 0.15) is 5.82 Å². The largest absolute Gasteiger partial charge is 0.377 e. The third-order valence-electron chi connectivity index (χ3n) is 6.35. The van der Waals surface area contributed by atoms with E-state index in [2.05, 4.69) is 31.1 Å². The first-order chi connectivity index (χ1) is 11.0. The molecule has 1 aromatic carbocycles. The fourth-order valence-electron chi connectivity index (χ4n) is 5.16. The van der Waals surface area contributed by atoms with Crippen LogP contribution in [-0.4, -0.2) is 43.3 Å². The highest BCUT2D eigenvalue weighted by atomic mass is 19.1. The molecule has 1 saturated carbocycles. The first kappa shape index (κ1) is 15.6. The summed E-state index contributed by atoms with van der Waals surface area (Å²) in [4.78, 5) is 2.39. The van der Waals surface area contributed by atoms with Gasteiger partial charge in [0.25, 0.3) is 0 Å². The van der Waals surface area contributed by atoms with Crippen molar-refractivity contribution in [3.8, 4) is 0 Å². The van der Waals surface area contributed by atoms with E-state index in [0.29, 0.717) is 30.1 Å². The molecule has 2 saturated heterocycles. The van der Waals surface area contributed by atoms with Gasteiger partial charge in [-0.05, 0) is 37.6 Å². The molecule has 1 N–H and O–H groups in total. The Labute approximate surface area is 138 Å². The Balaban J connectivity index is 1.53. The second kappa shape index (κ2) is 5.54. The van der Waals surface area contributed by atoms with Crippen LogP contribution in [0.1, 0.15) is 38.3 Å². The molecule has 0 amide bonds. The van der Waals surface area contributed by atoms with E-state index in [9.17, 15) is 4.39 Å². The number of halogens is 1. The van der Waals surface area contributed by atoms with Crippen molar-refractivity contribution in [2.24, 2.45) is 11.3 Å². The van der Waals surface area contributed by atoms with E-state index < -0.39 is 0 Å². The van der Waals surface area contributed by atoms with Crippen molar-refractivity contribution in [3.05, 3.63) is 35.6 Å². The Morgan fingerprint density at radius 3 is 2.70 bits per heavy atom. The Hall–Kier alpha value is -0.970. The lowest BCUT2D eigenvalue weighted by atomic mass is 9.57. The second-order valence-electron chi connectivity index (χ2n) is 8.08. The molecule has 2 aliphatic heterocycles. The number of benzene rings is 1. The van der Waals surface area contributed by atoms with Gasteiger partial charge in [-0.2, -0.15) is 0 Å². The van der Waals surface area contributed by atoms with Crippen LogP contribution < -0.4 is 5.32 Å². The molecular formula is C19H27FN2O. The molecule has 0 aromatic heterocycles. The molecule has 5 atom stereocenters. The standard InChI is InChI=1S/C19H27FN2O/c1-19(2)17(14-9-11-23-18(14)19)21-15-8-10-22(3)16(15)12-4-6-13(20)7-5-12/h4-7,14-18,21H,8-11H2,1-3H3. The lowest BCUT2D eigenvalue weighted by molar-refractivity contribution is -0.116. The second-order valence-corrected chi connectivity index (χ2v) is 8.08. The predicted octanol–water partition coefficient (Wildman–Crippen LogP) is 2.97. The van der Waals surface area contributed by atoms with Crippen LogP contribution in [-0.2, 0) is 4.74 Å². The topological polar surface area (TPSA) is 24.5 Å². The molecule has 5 unspecified atom stereocenters. The molecule has 0 radical (unpaired) electrons. The lowest BCUT2D eigenvalue weighted by Crippen LogP contribution is -2.67. The van der Waals surface area contributed by atoms with Crippen LogP contribution in [0.15, 0.2) is 24.3 Å². The number of hydrogen-bond donors (Lipinski definition) is 1. The van der Waals surface area contributed by atoms with Crippen LogP contribution in [0.3, 0.4) is 0 Å². The maximum absolute atomic E-state index is 13.2. The van der Waals surface area contributed by atoms with Gasteiger partial charge in [-0.1, -0.05) is 26.0 Å². The average Bonchev–Trinajstić information content (AvgIpc) is 3.11. The Morgan fingerprint density at radius 1 is 1.22 bits per heavy atom. The Bertz CT molecular complexity index is 573. The van der Waals surface area contributed by atoms with Gasteiger partial charge in [-0.15, -0.1) is 0 Å². The zero-order valence-electron chi connectivity index (χ0n) is 14.3. The van der Waals surface area contributed by atoms with Gasteiger partial charge in [-0.25, -0.2) is 4.39 Å². The number of fused-ring (bicyclic) bond motifs is 1. The lowest BCUT2D eigenvalue weighted by Gasteiger charge is -2.56. The van der Waals surface area contributed by atoms with E-state index in [4.69, 9.17) is 4.74 Å². The molecule has 1 aromatic rings. The molecule has 2 heterocycles. The van der Waals surface area contributed by atoms with Crippen molar-refractivity contribution in [1.82, 2.24) is 10.2 Å². The van der Waals surface area contributed by atoms with Gasteiger partial charge in [0.15, 0.2) is 0 Å². The zero-order valence-corrected chi connectivity index (χ0v) is 14.3. The SMILES string of the molecule is CN1CCC(NC2C3CCOC3C2(C)C)C1c1ccc(F)cc1. The number of ether oxygens (including phenoxy) is 1. The first-order valence-electron chi connectivity index (χ1n) is 8.82. The molecule has 0 bridgehead atoms. The maximum Gasteiger partial charge on any atom is 0.123 e. The highest BCUT2D eigenvalue weighted by molar-refractivity contribution is 5.24. The molecule has 3 nitrogen and oxygen atoms in total.